The normalized spacial score (nSPS) is 10.8. The van der Waals surface area contributed by atoms with Gasteiger partial charge in [0.15, 0.2) is 5.65 Å². The quantitative estimate of drug-likeness (QED) is 0.717. The molecule has 0 saturated carbocycles. The predicted octanol–water partition coefficient (Wildman–Crippen LogP) is 3.19. The van der Waals surface area contributed by atoms with Crippen molar-refractivity contribution in [3.05, 3.63) is 49.1 Å². The van der Waals surface area contributed by atoms with Crippen LogP contribution in [-0.2, 0) is 0 Å². The van der Waals surface area contributed by atoms with E-state index in [1.807, 2.05) is 41.1 Å². The molecule has 2 heterocycles. The minimum absolute atomic E-state index is 0.749. The largest absolute Gasteiger partial charge is 0.494 e. The minimum Gasteiger partial charge on any atom is -0.494 e. The number of benzene rings is 1. The van der Waals surface area contributed by atoms with Crippen LogP contribution in [-0.4, -0.2) is 21.0 Å². The third-order valence-electron chi connectivity index (χ3n) is 2.89. The average Bonchev–Trinajstić information content (AvgIpc) is 2.89. The van der Waals surface area contributed by atoms with Gasteiger partial charge in [-0.05, 0) is 30.7 Å². The fourth-order valence-corrected chi connectivity index (χ4v) is 1.92. The molecule has 19 heavy (non-hydrogen) atoms. The number of nitrogens with zero attached hydrogens (tertiary/aromatic N) is 3. The van der Waals surface area contributed by atoms with Crippen LogP contribution in [0.5, 0.6) is 5.75 Å². The molecule has 0 saturated heterocycles. The lowest BCUT2D eigenvalue weighted by molar-refractivity contribution is 0.317. The summed E-state index contributed by atoms with van der Waals surface area (Å²) in [7, 11) is 0. The van der Waals surface area contributed by atoms with Crippen molar-refractivity contribution in [2.24, 2.45) is 0 Å². The van der Waals surface area contributed by atoms with Crippen LogP contribution in [0, 0.1) is 0 Å². The summed E-state index contributed by atoms with van der Waals surface area (Å²) in [6.07, 6.45) is 8.41. The van der Waals surface area contributed by atoms with Gasteiger partial charge < -0.3 is 9.14 Å². The fraction of sp³-hybridized carbons (Fsp3) is 0.200. The number of aromatic nitrogens is 3. The molecule has 4 nitrogen and oxygen atoms in total. The van der Waals surface area contributed by atoms with E-state index in [2.05, 4.69) is 16.9 Å². The number of imidazole rings is 1. The highest BCUT2D eigenvalue weighted by Gasteiger charge is 2.04. The Labute approximate surface area is 111 Å². The molecule has 0 unspecified atom stereocenters. The molecule has 0 amide bonds. The number of hydrogen-bond acceptors (Lipinski definition) is 3. The first-order chi connectivity index (χ1) is 9.36. The number of rotatable bonds is 4. The Kier molecular flexibility index (Phi) is 3.14. The van der Waals surface area contributed by atoms with Crippen LogP contribution in [0.3, 0.4) is 0 Å². The standard InChI is InChI=1S/C15H15N3O/c1-2-9-19-13-5-3-12(4-6-13)14-11-18-8-7-16-10-15(18)17-14/h3-8,10-11H,2,9H2,1H3. The number of ether oxygens (including phenoxy) is 1. The summed E-state index contributed by atoms with van der Waals surface area (Å²) in [4.78, 5) is 8.60. The molecule has 0 radical (unpaired) electrons. The highest BCUT2D eigenvalue weighted by atomic mass is 16.5. The molecule has 0 spiro atoms. The molecule has 0 fully saturated rings. The maximum absolute atomic E-state index is 5.57. The van der Waals surface area contributed by atoms with Crippen molar-refractivity contribution in [2.75, 3.05) is 6.61 Å². The van der Waals surface area contributed by atoms with Crippen LogP contribution in [0.15, 0.2) is 49.1 Å². The molecule has 0 aliphatic carbocycles. The van der Waals surface area contributed by atoms with Crippen molar-refractivity contribution in [3.8, 4) is 17.0 Å². The maximum atomic E-state index is 5.57. The van der Waals surface area contributed by atoms with Gasteiger partial charge in [0.25, 0.3) is 0 Å². The van der Waals surface area contributed by atoms with E-state index in [0.717, 1.165) is 35.7 Å². The van der Waals surface area contributed by atoms with Crippen LogP contribution in [0.2, 0.25) is 0 Å². The van der Waals surface area contributed by atoms with E-state index in [4.69, 9.17) is 4.74 Å². The van der Waals surface area contributed by atoms with Crippen molar-refractivity contribution in [2.45, 2.75) is 13.3 Å². The molecule has 0 aliphatic heterocycles. The molecule has 3 rings (SSSR count). The van der Waals surface area contributed by atoms with Gasteiger partial charge in [-0.25, -0.2) is 4.98 Å². The third kappa shape index (κ3) is 2.42. The van der Waals surface area contributed by atoms with E-state index >= 15 is 0 Å². The lowest BCUT2D eigenvalue weighted by Crippen LogP contribution is -1.94. The van der Waals surface area contributed by atoms with E-state index in [9.17, 15) is 0 Å². The minimum atomic E-state index is 0.749. The first-order valence-corrected chi connectivity index (χ1v) is 6.39. The SMILES string of the molecule is CCCOc1ccc(-c2cn3ccncc3n2)cc1. The highest BCUT2D eigenvalue weighted by molar-refractivity contribution is 5.62. The van der Waals surface area contributed by atoms with E-state index in [-0.39, 0.29) is 0 Å². The molecule has 96 valence electrons. The maximum Gasteiger partial charge on any atom is 0.155 e. The van der Waals surface area contributed by atoms with Crippen LogP contribution in [0.4, 0.5) is 0 Å². The van der Waals surface area contributed by atoms with Crippen molar-refractivity contribution in [1.82, 2.24) is 14.4 Å². The van der Waals surface area contributed by atoms with Gasteiger partial charge in [0.2, 0.25) is 0 Å². The summed E-state index contributed by atoms with van der Waals surface area (Å²) in [5, 5.41) is 0. The Morgan fingerprint density at radius 1 is 1.21 bits per heavy atom. The predicted molar refractivity (Wildman–Crippen MR) is 74.2 cm³/mol. The zero-order valence-corrected chi connectivity index (χ0v) is 10.8. The second-order valence-corrected chi connectivity index (χ2v) is 4.34. The van der Waals surface area contributed by atoms with Gasteiger partial charge in [0.05, 0.1) is 18.5 Å². The Hall–Kier alpha value is -2.36. The number of fused-ring (bicyclic) bond motifs is 1. The van der Waals surface area contributed by atoms with E-state index < -0.39 is 0 Å². The van der Waals surface area contributed by atoms with Crippen LogP contribution < -0.4 is 4.74 Å². The van der Waals surface area contributed by atoms with Gasteiger partial charge in [-0.3, -0.25) is 4.98 Å². The van der Waals surface area contributed by atoms with Gasteiger partial charge in [-0.2, -0.15) is 0 Å². The molecule has 0 N–H and O–H groups in total. The summed E-state index contributed by atoms with van der Waals surface area (Å²) in [6, 6.07) is 8.01. The second kappa shape index (κ2) is 5.10. The summed E-state index contributed by atoms with van der Waals surface area (Å²) in [6.45, 7) is 2.85. The Balaban J connectivity index is 1.88. The average molecular weight is 253 g/mol. The molecule has 3 aromatic rings. The van der Waals surface area contributed by atoms with E-state index in [1.54, 1.807) is 12.4 Å². The first kappa shape index (κ1) is 11.7. The van der Waals surface area contributed by atoms with Crippen molar-refractivity contribution in [3.63, 3.8) is 0 Å². The molecule has 2 aromatic heterocycles. The number of hydrogen-bond donors (Lipinski definition) is 0. The molecule has 0 bridgehead atoms. The molecule has 0 aliphatic rings. The zero-order chi connectivity index (χ0) is 13.1. The summed E-state index contributed by atoms with van der Waals surface area (Å²) in [5.41, 5.74) is 2.87. The molecular formula is C15H15N3O. The monoisotopic (exact) mass is 253 g/mol. The zero-order valence-electron chi connectivity index (χ0n) is 10.8. The molecule has 4 heteroatoms. The second-order valence-electron chi connectivity index (χ2n) is 4.34. The summed E-state index contributed by atoms with van der Waals surface area (Å²) >= 11 is 0. The van der Waals surface area contributed by atoms with E-state index in [1.165, 1.54) is 0 Å². The molecule has 0 atom stereocenters. The van der Waals surface area contributed by atoms with Gasteiger partial charge >= 0.3 is 0 Å². The van der Waals surface area contributed by atoms with E-state index in [0.29, 0.717) is 0 Å². The van der Waals surface area contributed by atoms with Gasteiger partial charge in [0.1, 0.15) is 5.75 Å². The lowest BCUT2D eigenvalue weighted by Gasteiger charge is -2.04. The van der Waals surface area contributed by atoms with Crippen LogP contribution in [0.25, 0.3) is 16.9 Å². The smallest absolute Gasteiger partial charge is 0.155 e. The fourth-order valence-electron chi connectivity index (χ4n) is 1.92. The van der Waals surface area contributed by atoms with Crippen LogP contribution >= 0.6 is 0 Å². The summed E-state index contributed by atoms with van der Waals surface area (Å²) in [5.74, 6) is 0.899. The molecular weight excluding hydrogens is 238 g/mol. The third-order valence-corrected chi connectivity index (χ3v) is 2.89. The van der Waals surface area contributed by atoms with Crippen molar-refractivity contribution in [1.29, 1.82) is 0 Å². The van der Waals surface area contributed by atoms with Gasteiger partial charge in [-0.15, -0.1) is 0 Å². The summed E-state index contributed by atoms with van der Waals surface area (Å²) < 4.78 is 7.53. The first-order valence-electron chi connectivity index (χ1n) is 6.39. The van der Waals surface area contributed by atoms with Gasteiger partial charge in [0, 0.05) is 24.2 Å². The topological polar surface area (TPSA) is 39.4 Å². The Bertz CT molecular complexity index is 640. The van der Waals surface area contributed by atoms with Crippen molar-refractivity contribution < 1.29 is 4.74 Å². The van der Waals surface area contributed by atoms with Crippen LogP contribution in [0.1, 0.15) is 13.3 Å². The Morgan fingerprint density at radius 3 is 2.79 bits per heavy atom. The Morgan fingerprint density at radius 2 is 2.05 bits per heavy atom. The van der Waals surface area contributed by atoms with Crippen molar-refractivity contribution >= 4 is 5.65 Å². The lowest BCUT2D eigenvalue weighted by atomic mass is 10.2. The highest BCUT2D eigenvalue weighted by Crippen LogP contribution is 2.22. The molecule has 1 aromatic carbocycles. The van der Waals surface area contributed by atoms with Gasteiger partial charge in [-0.1, -0.05) is 6.92 Å².